The molecule has 2 rings (SSSR count). The predicted octanol–water partition coefficient (Wildman–Crippen LogP) is 4.53. The Labute approximate surface area is 146 Å². The summed E-state index contributed by atoms with van der Waals surface area (Å²) in [6.45, 7) is 6.78. The smallest absolute Gasteiger partial charge is 0.254 e. The van der Waals surface area contributed by atoms with Gasteiger partial charge >= 0.3 is 0 Å². The molecule has 0 N–H and O–H groups in total. The first kappa shape index (κ1) is 18.6. The second kappa shape index (κ2) is 9.55. The third kappa shape index (κ3) is 5.15. The van der Waals surface area contributed by atoms with E-state index in [1.165, 1.54) is 25.7 Å². The Kier molecular flexibility index (Phi) is 7.41. The van der Waals surface area contributed by atoms with Gasteiger partial charge in [-0.15, -0.1) is 0 Å². The lowest BCUT2D eigenvalue weighted by Gasteiger charge is -2.31. The largest absolute Gasteiger partial charge is 0.493 e. The lowest BCUT2D eigenvalue weighted by molar-refractivity contribution is 0.0682. The van der Waals surface area contributed by atoms with Crippen LogP contribution in [0.15, 0.2) is 18.2 Å². The first-order valence-electron chi connectivity index (χ1n) is 9.25. The van der Waals surface area contributed by atoms with Gasteiger partial charge in [0.15, 0.2) is 11.5 Å². The highest BCUT2D eigenvalue weighted by Gasteiger charge is 2.22. The summed E-state index contributed by atoms with van der Waals surface area (Å²) in [5, 5.41) is 0. The minimum Gasteiger partial charge on any atom is -0.493 e. The molecule has 24 heavy (non-hydrogen) atoms. The number of rotatable bonds is 8. The molecule has 0 aromatic heterocycles. The van der Waals surface area contributed by atoms with Crippen LogP contribution in [-0.2, 0) is 0 Å². The van der Waals surface area contributed by atoms with Gasteiger partial charge in [-0.25, -0.2) is 0 Å². The van der Waals surface area contributed by atoms with E-state index >= 15 is 0 Å². The van der Waals surface area contributed by atoms with Crippen molar-refractivity contribution in [1.82, 2.24) is 4.90 Å². The highest BCUT2D eigenvalue weighted by molar-refractivity contribution is 5.95. The van der Waals surface area contributed by atoms with Crippen molar-refractivity contribution in [3.8, 4) is 11.5 Å². The molecule has 0 saturated carbocycles. The highest BCUT2D eigenvalue weighted by Crippen LogP contribution is 2.29. The molecule has 0 radical (unpaired) electrons. The summed E-state index contributed by atoms with van der Waals surface area (Å²) in [5.41, 5.74) is 0.680. The lowest BCUT2D eigenvalue weighted by Crippen LogP contribution is -2.39. The Balaban J connectivity index is 1.98. The van der Waals surface area contributed by atoms with Crippen LogP contribution in [0.25, 0.3) is 0 Å². The van der Waals surface area contributed by atoms with Crippen LogP contribution < -0.4 is 9.47 Å². The molecule has 134 valence electrons. The van der Waals surface area contributed by atoms with Crippen molar-refractivity contribution in [2.24, 2.45) is 5.92 Å². The summed E-state index contributed by atoms with van der Waals surface area (Å²) >= 11 is 0. The second-order valence-electron chi connectivity index (χ2n) is 6.77. The van der Waals surface area contributed by atoms with E-state index < -0.39 is 0 Å². The van der Waals surface area contributed by atoms with Crippen LogP contribution >= 0.6 is 0 Å². The van der Waals surface area contributed by atoms with Gasteiger partial charge in [0.2, 0.25) is 0 Å². The van der Waals surface area contributed by atoms with Crippen molar-refractivity contribution >= 4 is 5.91 Å². The quantitative estimate of drug-likeness (QED) is 0.656. The third-order valence-electron chi connectivity index (χ3n) is 4.61. The number of hydrogen-bond donors (Lipinski definition) is 0. The van der Waals surface area contributed by atoms with E-state index in [9.17, 15) is 4.79 Å². The molecule has 4 nitrogen and oxygen atoms in total. The molecule has 1 fully saturated rings. The van der Waals surface area contributed by atoms with Crippen molar-refractivity contribution in [2.75, 3.05) is 26.8 Å². The average Bonchev–Trinajstić information content (AvgIpc) is 2.61. The Bertz CT molecular complexity index is 530. The summed E-state index contributed by atoms with van der Waals surface area (Å²) in [6.07, 6.45) is 6.98. The molecule has 0 spiro atoms. The molecule has 1 aliphatic heterocycles. The maximum atomic E-state index is 12.7. The van der Waals surface area contributed by atoms with Gasteiger partial charge in [-0.2, -0.15) is 0 Å². The molecule has 1 amide bonds. The second-order valence-corrected chi connectivity index (χ2v) is 6.77. The Morgan fingerprint density at radius 2 is 2.08 bits per heavy atom. The summed E-state index contributed by atoms with van der Waals surface area (Å²) in [6, 6.07) is 5.52. The maximum absolute atomic E-state index is 12.7. The van der Waals surface area contributed by atoms with E-state index in [1.54, 1.807) is 7.11 Å². The standard InChI is InChI=1S/C20H31NO3/c1-4-5-6-7-13-24-18-11-10-17(14-19(18)23-3)20(22)21-12-8-9-16(2)15-21/h10-11,14,16H,4-9,12-13,15H2,1-3H3. The zero-order chi connectivity index (χ0) is 17.4. The Morgan fingerprint density at radius 1 is 1.25 bits per heavy atom. The van der Waals surface area contributed by atoms with Gasteiger partial charge in [-0.05, 0) is 43.4 Å². The predicted molar refractivity (Wildman–Crippen MR) is 96.9 cm³/mol. The zero-order valence-corrected chi connectivity index (χ0v) is 15.3. The summed E-state index contributed by atoms with van der Waals surface area (Å²) in [5.74, 6) is 2.03. The van der Waals surface area contributed by atoms with Gasteiger partial charge in [-0.3, -0.25) is 4.79 Å². The molecule has 1 saturated heterocycles. The minimum absolute atomic E-state index is 0.0920. The normalized spacial score (nSPS) is 17.6. The van der Waals surface area contributed by atoms with Crippen LogP contribution in [0.1, 0.15) is 62.7 Å². The van der Waals surface area contributed by atoms with Crippen molar-refractivity contribution in [3.05, 3.63) is 23.8 Å². The van der Waals surface area contributed by atoms with Crippen LogP contribution in [0.3, 0.4) is 0 Å². The fourth-order valence-electron chi connectivity index (χ4n) is 3.19. The molecule has 1 aromatic rings. The van der Waals surface area contributed by atoms with Gasteiger partial charge in [0.1, 0.15) is 0 Å². The zero-order valence-electron chi connectivity index (χ0n) is 15.3. The Morgan fingerprint density at radius 3 is 2.79 bits per heavy atom. The van der Waals surface area contributed by atoms with Crippen LogP contribution in [0.4, 0.5) is 0 Å². The number of nitrogens with zero attached hydrogens (tertiary/aromatic N) is 1. The number of carbonyl (C=O) groups is 1. The van der Waals surface area contributed by atoms with Gasteiger partial charge in [0, 0.05) is 18.7 Å². The molecule has 0 aliphatic carbocycles. The number of unbranched alkanes of at least 4 members (excludes halogenated alkanes) is 3. The van der Waals surface area contributed by atoms with Gasteiger partial charge in [-0.1, -0.05) is 33.1 Å². The van der Waals surface area contributed by atoms with E-state index in [0.29, 0.717) is 23.8 Å². The average molecular weight is 333 g/mol. The molecular formula is C20H31NO3. The van der Waals surface area contributed by atoms with Crippen molar-refractivity contribution in [3.63, 3.8) is 0 Å². The van der Waals surface area contributed by atoms with E-state index in [1.807, 2.05) is 23.1 Å². The molecule has 4 heteroatoms. The first-order chi connectivity index (χ1) is 11.7. The van der Waals surface area contributed by atoms with Crippen LogP contribution in [0, 0.1) is 5.92 Å². The molecule has 1 heterocycles. The Hall–Kier alpha value is -1.71. The number of hydrogen-bond acceptors (Lipinski definition) is 3. The molecular weight excluding hydrogens is 302 g/mol. The summed E-state index contributed by atoms with van der Waals surface area (Å²) in [7, 11) is 1.62. The van der Waals surface area contributed by atoms with E-state index in [4.69, 9.17) is 9.47 Å². The summed E-state index contributed by atoms with van der Waals surface area (Å²) in [4.78, 5) is 14.6. The number of ether oxygens (including phenoxy) is 2. The fourth-order valence-corrected chi connectivity index (χ4v) is 3.19. The number of benzene rings is 1. The minimum atomic E-state index is 0.0920. The maximum Gasteiger partial charge on any atom is 0.254 e. The van der Waals surface area contributed by atoms with Crippen molar-refractivity contribution in [2.45, 2.75) is 52.4 Å². The van der Waals surface area contributed by atoms with Crippen LogP contribution in [-0.4, -0.2) is 37.6 Å². The molecule has 1 aliphatic rings. The van der Waals surface area contributed by atoms with Crippen LogP contribution in [0.2, 0.25) is 0 Å². The molecule has 0 bridgehead atoms. The van der Waals surface area contributed by atoms with Gasteiger partial charge in [0.05, 0.1) is 13.7 Å². The molecule has 1 aromatic carbocycles. The SMILES string of the molecule is CCCCCCOc1ccc(C(=O)N2CCCC(C)C2)cc1OC. The van der Waals surface area contributed by atoms with Crippen LogP contribution in [0.5, 0.6) is 11.5 Å². The number of piperidine rings is 1. The molecule has 1 atom stereocenters. The fraction of sp³-hybridized carbons (Fsp3) is 0.650. The number of carbonyl (C=O) groups excluding carboxylic acids is 1. The van der Waals surface area contributed by atoms with E-state index in [-0.39, 0.29) is 5.91 Å². The third-order valence-corrected chi connectivity index (χ3v) is 4.61. The molecule has 1 unspecified atom stereocenters. The number of methoxy groups -OCH3 is 1. The number of amides is 1. The monoisotopic (exact) mass is 333 g/mol. The van der Waals surface area contributed by atoms with Gasteiger partial charge < -0.3 is 14.4 Å². The lowest BCUT2D eigenvalue weighted by atomic mass is 9.99. The summed E-state index contributed by atoms with van der Waals surface area (Å²) < 4.78 is 11.2. The van der Waals surface area contributed by atoms with Crippen molar-refractivity contribution in [1.29, 1.82) is 0 Å². The topological polar surface area (TPSA) is 38.8 Å². The van der Waals surface area contributed by atoms with E-state index in [0.717, 1.165) is 31.7 Å². The van der Waals surface area contributed by atoms with E-state index in [2.05, 4.69) is 13.8 Å². The number of likely N-dealkylation sites (tertiary alicyclic amines) is 1. The highest BCUT2D eigenvalue weighted by atomic mass is 16.5. The van der Waals surface area contributed by atoms with Gasteiger partial charge in [0.25, 0.3) is 5.91 Å². The first-order valence-corrected chi connectivity index (χ1v) is 9.25. The van der Waals surface area contributed by atoms with Crippen molar-refractivity contribution < 1.29 is 14.3 Å².